The third kappa shape index (κ3) is 7.49. The molecule has 0 aliphatic heterocycles. The topological polar surface area (TPSA) is 49.3 Å². The quantitative estimate of drug-likeness (QED) is 0.344. The summed E-state index contributed by atoms with van der Waals surface area (Å²) in [6, 6.07) is 0.414. The normalized spacial score (nSPS) is 21.1. The third-order valence-electron chi connectivity index (χ3n) is 3.82. The van der Waals surface area contributed by atoms with Gasteiger partial charge in [0, 0.05) is 36.7 Å². The first kappa shape index (κ1) is 22.8. The number of hydrogen-bond donors (Lipinski definition) is 2. The second-order valence-electron chi connectivity index (χ2n) is 5.60. The van der Waals surface area contributed by atoms with Crippen LogP contribution in [0.4, 0.5) is 13.2 Å². The highest BCUT2D eigenvalue weighted by Crippen LogP contribution is 2.30. The van der Waals surface area contributed by atoms with Gasteiger partial charge in [0.15, 0.2) is 11.7 Å². The van der Waals surface area contributed by atoms with E-state index in [-0.39, 0.29) is 24.0 Å². The van der Waals surface area contributed by atoms with Crippen LogP contribution >= 0.6 is 47.1 Å². The molecule has 2 rings (SSSR count). The van der Waals surface area contributed by atoms with Gasteiger partial charge in [-0.1, -0.05) is 6.92 Å². The summed E-state index contributed by atoms with van der Waals surface area (Å²) in [6.45, 7) is 2.68. The smallest absolute Gasteiger partial charge is 0.356 e. The number of nitrogens with zero attached hydrogens (tertiary/aromatic N) is 2. The van der Waals surface area contributed by atoms with Crippen LogP contribution in [0.15, 0.2) is 10.4 Å². The van der Waals surface area contributed by atoms with Crippen LogP contribution in [-0.4, -0.2) is 41.6 Å². The summed E-state index contributed by atoms with van der Waals surface area (Å²) < 4.78 is 37.6. The summed E-state index contributed by atoms with van der Waals surface area (Å²) in [4.78, 5) is 7.82. The summed E-state index contributed by atoms with van der Waals surface area (Å²) in [5.41, 5.74) is -0.810. The van der Waals surface area contributed by atoms with E-state index in [1.807, 2.05) is 11.8 Å². The number of alkyl halides is 3. The van der Waals surface area contributed by atoms with Gasteiger partial charge in [-0.15, -0.1) is 35.3 Å². The molecule has 2 unspecified atom stereocenters. The molecule has 10 heteroatoms. The Morgan fingerprint density at radius 1 is 1.44 bits per heavy atom. The summed E-state index contributed by atoms with van der Waals surface area (Å²) in [6.07, 6.45) is -0.456. The number of guanidine groups is 1. The highest BCUT2D eigenvalue weighted by atomic mass is 127. The molecule has 1 aliphatic rings. The Balaban J connectivity index is 0.00000312. The highest BCUT2D eigenvalue weighted by Gasteiger charge is 2.33. The maximum absolute atomic E-state index is 12.5. The molecule has 0 spiro atoms. The highest BCUT2D eigenvalue weighted by molar-refractivity contribution is 14.0. The van der Waals surface area contributed by atoms with E-state index in [9.17, 15) is 13.2 Å². The van der Waals surface area contributed by atoms with Crippen molar-refractivity contribution in [1.29, 1.82) is 0 Å². The summed E-state index contributed by atoms with van der Waals surface area (Å²) in [7, 11) is 1.70. The maximum atomic E-state index is 12.5. The molecular weight excluding hydrogens is 484 g/mol. The first-order valence-electron chi connectivity index (χ1n) is 8.02. The minimum Gasteiger partial charge on any atom is -0.356 e. The number of halogens is 4. The average molecular weight is 508 g/mol. The molecule has 0 aromatic carbocycles. The van der Waals surface area contributed by atoms with Crippen molar-refractivity contribution in [2.45, 2.75) is 50.1 Å². The minimum absolute atomic E-state index is 0. The lowest BCUT2D eigenvalue weighted by Crippen LogP contribution is -2.43. The molecule has 4 nitrogen and oxygen atoms in total. The van der Waals surface area contributed by atoms with Gasteiger partial charge in [-0.3, -0.25) is 4.99 Å². The fourth-order valence-corrected chi connectivity index (χ4v) is 4.64. The fraction of sp³-hybridized carbons (Fsp3) is 0.733. The van der Waals surface area contributed by atoms with Crippen molar-refractivity contribution in [1.82, 2.24) is 15.6 Å². The predicted octanol–water partition coefficient (Wildman–Crippen LogP) is 4.16. The number of nitrogens with one attached hydrogen (secondary N) is 2. The van der Waals surface area contributed by atoms with Crippen LogP contribution in [0.2, 0.25) is 0 Å². The van der Waals surface area contributed by atoms with Crippen LogP contribution in [0, 0.1) is 0 Å². The number of thiazole rings is 1. The van der Waals surface area contributed by atoms with Crippen LogP contribution in [0.3, 0.4) is 0 Å². The fourth-order valence-electron chi connectivity index (χ4n) is 2.69. The van der Waals surface area contributed by atoms with Crippen molar-refractivity contribution in [2.75, 3.05) is 19.3 Å². The molecule has 1 fully saturated rings. The first-order valence-corrected chi connectivity index (χ1v) is 9.95. The van der Waals surface area contributed by atoms with Crippen LogP contribution < -0.4 is 10.6 Å². The maximum Gasteiger partial charge on any atom is 0.434 e. The monoisotopic (exact) mass is 508 g/mol. The molecular formula is C15H24F3IN4S2. The van der Waals surface area contributed by atoms with Crippen LogP contribution in [0.5, 0.6) is 0 Å². The molecule has 1 heterocycles. The molecule has 1 aromatic rings. The molecule has 0 amide bonds. The Morgan fingerprint density at radius 2 is 2.20 bits per heavy atom. The number of aromatic nitrogens is 1. The lowest BCUT2D eigenvalue weighted by atomic mass is 10.2. The number of hydrogen-bond acceptors (Lipinski definition) is 4. The van der Waals surface area contributed by atoms with E-state index in [1.54, 1.807) is 7.05 Å². The van der Waals surface area contributed by atoms with Crippen molar-refractivity contribution < 1.29 is 13.2 Å². The van der Waals surface area contributed by atoms with Crippen molar-refractivity contribution in [2.24, 2.45) is 4.99 Å². The Bertz CT molecular complexity index is 551. The van der Waals surface area contributed by atoms with Gasteiger partial charge in [-0.2, -0.15) is 24.9 Å². The molecule has 0 bridgehead atoms. The molecule has 1 saturated carbocycles. The van der Waals surface area contributed by atoms with Gasteiger partial charge in [-0.05, 0) is 25.0 Å². The molecule has 0 saturated heterocycles. The number of rotatable bonds is 6. The summed E-state index contributed by atoms with van der Waals surface area (Å²) >= 11 is 3.04. The zero-order chi connectivity index (χ0) is 17.6. The Hall–Kier alpha value is -0.230. The number of aliphatic imine (C=N–C) groups is 1. The molecule has 2 N–H and O–H groups in total. The largest absolute Gasteiger partial charge is 0.434 e. The predicted molar refractivity (Wildman–Crippen MR) is 110 cm³/mol. The third-order valence-corrected chi connectivity index (χ3v) is 5.97. The first-order chi connectivity index (χ1) is 11.4. The Morgan fingerprint density at radius 3 is 2.80 bits per heavy atom. The molecule has 0 radical (unpaired) electrons. The zero-order valence-electron chi connectivity index (χ0n) is 14.2. The van der Waals surface area contributed by atoms with Crippen LogP contribution in [0.25, 0.3) is 0 Å². The van der Waals surface area contributed by atoms with E-state index in [0.29, 0.717) is 35.2 Å². The van der Waals surface area contributed by atoms with Gasteiger partial charge in [-0.25, -0.2) is 4.98 Å². The van der Waals surface area contributed by atoms with E-state index in [2.05, 4.69) is 27.5 Å². The van der Waals surface area contributed by atoms with Crippen LogP contribution in [0.1, 0.15) is 36.9 Å². The van der Waals surface area contributed by atoms with Gasteiger partial charge < -0.3 is 10.6 Å². The van der Waals surface area contributed by atoms with Crippen LogP contribution in [-0.2, 0) is 12.6 Å². The van der Waals surface area contributed by atoms with E-state index in [4.69, 9.17) is 0 Å². The minimum atomic E-state index is -4.37. The van der Waals surface area contributed by atoms with Gasteiger partial charge in [0.2, 0.25) is 0 Å². The second kappa shape index (κ2) is 10.8. The van der Waals surface area contributed by atoms with E-state index < -0.39 is 11.9 Å². The zero-order valence-corrected chi connectivity index (χ0v) is 18.2. The second-order valence-corrected chi connectivity index (χ2v) is 8.12. The Kier molecular flexibility index (Phi) is 9.86. The van der Waals surface area contributed by atoms with Crippen molar-refractivity contribution in [3.8, 4) is 0 Å². The van der Waals surface area contributed by atoms with Crippen molar-refractivity contribution in [3.05, 3.63) is 16.1 Å². The molecule has 25 heavy (non-hydrogen) atoms. The standard InChI is InChI=1S/C15H23F3N4S2.HI/c1-3-23-11-5-4-10(8-11)21-14(19-2)20-7-6-13-22-12(9-24-13)15(16,17)18;/h9-11H,3-8H2,1-2H3,(H2,19,20,21);1H. The number of thioether (sulfide) groups is 1. The van der Waals surface area contributed by atoms with Crippen molar-refractivity contribution >= 4 is 53.0 Å². The Labute approximate surface area is 171 Å². The SMILES string of the molecule is CCSC1CCC(NC(=NC)NCCc2nc(C(F)(F)F)cs2)C1.I. The van der Waals surface area contributed by atoms with Gasteiger partial charge >= 0.3 is 6.18 Å². The molecule has 2 atom stereocenters. The van der Waals surface area contributed by atoms with Gasteiger partial charge in [0.25, 0.3) is 0 Å². The van der Waals surface area contributed by atoms with E-state index in [1.165, 1.54) is 6.42 Å². The summed E-state index contributed by atoms with van der Waals surface area (Å²) in [5, 5.41) is 8.80. The molecule has 1 aromatic heterocycles. The van der Waals surface area contributed by atoms with E-state index in [0.717, 1.165) is 35.3 Å². The van der Waals surface area contributed by atoms with Gasteiger partial charge in [0.05, 0.1) is 5.01 Å². The summed E-state index contributed by atoms with van der Waals surface area (Å²) in [5.74, 6) is 1.84. The van der Waals surface area contributed by atoms with E-state index >= 15 is 0 Å². The molecule has 1 aliphatic carbocycles. The molecule has 144 valence electrons. The lowest BCUT2D eigenvalue weighted by molar-refractivity contribution is -0.140. The van der Waals surface area contributed by atoms with Crippen molar-refractivity contribution in [3.63, 3.8) is 0 Å². The van der Waals surface area contributed by atoms with Gasteiger partial charge in [0.1, 0.15) is 0 Å². The lowest BCUT2D eigenvalue weighted by Gasteiger charge is -2.17. The average Bonchev–Trinajstić information content (AvgIpc) is 3.16.